The molecule has 20 heavy (non-hydrogen) atoms. The summed E-state index contributed by atoms with van der Waals surface area (Å²) in [5.74, 6) is 0. The number of nitrogens with one attached hydrogen (secondary N) is 1. The van der Waals surface area contributed by atoms with E-state index >= 15 is 0 Å². The third kappa shape index (κ3) is 3.96. The first-order chi connectivity index (χ1) is 9.61. The van der Waals surface area contributed by atoms with Crippen LogP contribution >= 0.6 is 15.9 Å². The summed E-state index contributed by atoms with van der Waals surface area (Å²) < 4.78 is 6.90. The fourth-order valence-electron chi connectivity index (χ4n) is 2.79. The van der Waals surface area contributed by atoms with Crippen LogP contribution in [-0.4, -0.2) is 32.3 Å². The Labute approximate surface area is 130 Å². The molecule has 0 bridgehead atoms. The van der Waals surface area contributed by atoms with Crippen molar-refractivity contribution in [2.75, 3.05) is 31.1 Å². The minimum absolute atomic E-state index is 0.295. The average molecular weight is 341 g/mol. The lowest BCUT2D eigenvalue weighted by atomic mass is 10.0. The van der Waals surface area contributed by atoms with Crippen molar-refractivity contribution in [2.24, 2.45) is 0 Å². The summed E-state index contributed by atoms with van der Waals surface area (Å²) in [5.41, 5.74) is 2.69. The van der Waals surface area contributed by atoms with Crippen molar-refractivity contribution in [3.05, 3.63) is 28.2 Å². The van der Waals surface area contributed by atoms with Gasteiger partial charge in [0.05, 0.1) is 6.10 Å². The standard InChI is InChI=1S/C16H25BrN2O/c1-4-18-13(3)15-10-14(17)6-7-16(15)19-8-5-9-20-12(2)11-19/h6-7,10,12-13,18H,4-5,8-9,11H2,1-3H3. The van der Waals surface area contributed by atoms with Gasteiger partial charge in [0.1, 0.15) is 0 Å². The topological polar surface area (TPSA) is 24.5 Å². The van der Waals surface area contributed by atoms with Gasteiger partial charge in [0.25, 0.3) is 0 Å². The van der Waals surface area contributed by atoms with Gasteiger partial charge < -0.3 is 15.0 Å². The third-order valence-corrected chi connectivity index (χ3v) is 4.25. The molecule has 1 heterocycles. The molecule has 1 aliphatic rings. The van der Waals surface area contributed by atoms with Crippen LogP contribution < -0.4 is 10.2 Å². The van der Waals surface area contributed by atoms with Gasteiger partial charge in [-0.2, -0.15) is 0 Å². The molecule has 2 unspecified atom stereocenters. The Morgan fingerprint density at radius 1 is 1.50 bits per heavy atom. The third-order valence-electron chi connectivity index (χ3n) is 3.76. The molecular weight excluding hydrogens is 316 g/mol. The Morgan fingerprint density at radius 3 is 3.05 bits per heavy atom. The molecule has 3 nitrogen and oxygen atoms in total. The molecule has 0 amide bonds. The van der Waals surface area contributed by atoms with E-state index in [2.05, 4.69) is 65.1 Å². The van der Waals surface area contributed by atoms with Crippen LogP contribution in [0, 0.1) is 0 Å². The molecular formula is C16H25BrN2O. The highest BCUT2D eigenvalue weighted by atomic mass is 79.9. The summed E-state index contributed by atoms with van der Waals surface area (Å²) in [7, 11) is 0. The van der Waals surface area contributed by atoms with Gasteiger partial charge in [0.15, 0.2) is 0 Å². The first-order valence-corrected chi connectivity index (χ1v) is 8.30. The van der Waals surface area contributed by atoms with E-state index < -0.39 is 0 Å². The van der Waals surface area contributed by atoms with E-state index in [0.717, 1.165) is 37.1 Å². The Balaban J connectivity index is 2.29. The van der Waals surface area contributed by atoms with Gasteiger partial charge in [-0.1, -0.05) is 22.9 Å². The maximum atomic E-state index is 5.76. The highest BCUT2D eigenvalue weighted by molar-refractivity contribution is 9.10. The largest absolute Gasteiger partial charge is 0.377 e. The molecule has 1 aliphatic heterocycles. The number of hydrogen-bond acceptors (Lipinski definition) is 3. The molecule has 0 radical (unpaired) electrons. The van der Waals surface area contributed by atoms with Gasteiger partial charge >= 0.3 is 0 Å². The normalized spacial score (nSPS) is 21.6. The van der Waals surface area contributed by atoms with Crippen LogP contribution in [0.15, 0.2) is 22.7 Å². The number of benzene rings is 1. The van der Waals surface area contributed by atoms with Crippen molar-refractivity contribution in [2.45, 2.75) is 39.3 Å². The SMILES string of the molecule is CCNC(C)c1cc(Br)ccc1N1CCCOC(C)C1. The molecule has 1 saturated heterocycles. The van der Waals surface area contributed by atoms with E-state index in [9.17, 15) is 0 Å². The Morgan fingerprint density at radius 2 is 2.30 bits per heavy atom. The zero-order valence-electron chi connectivity index (χ0n) is 12.7. The second-order valence-electron chi connectivity index (χ2n) is 5.46. The molecule has 0 aliphatic carbocycles. The summed E-state index contributed by atoms with van der Waals surface area (Å²) in [6.07, 6.45) is 1.39. The molecule has 4 heteroatoms. The van der Waals surface area contributed by atoms with E-state index in [-0.39, 0.29) is 0 Å². The van der Waals surface area contributed by atoms with Gasteiger partial charge in [0, 0.05) is 35.9 Å². The molecule has 112 valence electrons. The summed E-state index contributed by atoms with van der Waals surface area (Å²) in [4.78, 5) is 2.47. The summed E-state index contributed by atoms with van der Waals surface area (Å²) >= 11 is 3.60. The maximum absolute atomic E-state index is 5.76. The van der Waals surface area contributed by atoms with E-state index in [1.54, 1.807) is 0 Å². The van der Waals surface area contributed by atoms with Gasteiger partial charge in [0.2, 0.25) is 0 Å². The molecule has 0 spiro atoms. The van der Waals surface area contributed by atoms with Gasteiger partial charge in [-0.25, -0.2) is 0 Å². The highest BCUT2D eigenvalue weighted by Crippen LogP contribution is 2.30. The predicted molar refractivity (Wildman–Crippen MR) is 88.5 cm³/mol. The number of rotatable bonds is 4. The van der Waals surface area contributed by atoms with Gasteiger partial charge in [-0.3, -0.25) is 0 Å². The van der Waals surface area contributed by atoms with Crippen molar-refractivity contribution < 1.29 is 4.74 Å². The molecule has 2 atom stereocenters. The van der Waals surface area contributed by atoms with Crippen LogP contribution in [0.3, 0.4) is 0 Å². The Bertz CT molecular complexity index is 438. The van der Waals surface area contributed by atoms with Crippen LogP contribution in [0.25, 0.3) is 0 Å². The van der Waals surface area contributed by atoms with E-state index in [1.165, 1.54) is 11.3 Å². The van der Waals surface area contributed by atoms with E-state index in [4.69, 9.17) is 4.74 Å². The van der Waals surface area contributed by atoms with Gasteiger partial charge in [-0.15, -0.1) is 0 Å². The molecule has 1 aromatic carbocycles. The second kappa shape index (κ2) is 7.43. The highest BCUT2D eigenvalue weighted by Gasteiger charge is 2.20. The maximum Gasteiger partial charge on any atom is 0.0721 e. The molecule has 0 aromatic heterocycles. The summed E-state index contributed by atoms with van der Waals surface area (Å²) in [6.45, 7) is 10.4. The number of nitrogens with zero attached hydrogens (tertiary/aromatic N) is 1. The summed E-state index contributed by atoms with van der Waals surface area (Å²) in [5, 5.41) is 3.52. The minimum atomic E-state index is 0.295. The molecule has 1 aromatic rings. The fraction of sp³-hybridized carbons (Fsp3) is 0.625. The quantitative estimate of drug-likeness (QED) is 0.903. The van der Waals surface area contributed by atoms with E-state index in [1.807, 2.05) is 0 Å². The monoisotopic (exact) mass is 340 g/mol. The average Bonchev–Trinajstić information content (AvgIpc) is 2.63. The van der Waals surface area contributed by atoms with Crippen molar-refractivity contribution in [1.29, 1.82) is 0 Å². The lowest BCUT2D eigenvalue weighted by molar-refractivity contribution is 0.0820. The Hall–Kier alpha value is -0.580. The lowest BCUT2D eigenvalue weighted by Crippen LogP contribution is -2.32. The zero-order valence-corrected chi connectivity index (χ0v) is 14.2. The zero-order chi connectivity index (χ0) is 14.5. The van der Waals surface area contributed by atoms with Gasteiger partial charge in [-0.05, 0) is 50.6 Å². The van der Waals surface area contributed by atoms with Crippen LogP contribution in [0.5, 0.6) is 0 Å². The smallest absolute Gasteiger partial charge is 0.0721 e. The van der Waals surface area contributed by atoms with Crippen molar-refractivity contribution in [1.82, 2.24) is 5.32 Å². The second-order valence-corrected chi connectivity index (χ2v) is 6.38. The van der Waals surface area contributed by atoms with E-state index in [0.29, 0.717) is 12.1 Å². The first kappa shape index (κ1) is 15.8. The first-order valence-electron chi connectivity index (χ1n) is 7.51. The Kier molecular flexibility index (Phi) is 5.87. The molecule has 1 N–H and O–H groups in total. The summed E-state index contributed by atoms with van der Waals surface area (Å²) in [6, 6.07) is 6.95. The minimum Gasteiger partial charge on any atom is -0.377 e. The molecule has 2 rings (SSSR count). The van der Waals surface area contributed by atoms with Crippen molar-refractivity contribution >= 4 is 21.6 Å². The van der Waals surface area contributed by atoms with Crippen molar-refractivity contribution in [3.63, 3.8) is 0 Å². The number of halogens is 1. The lowest BCUT2D eigenvalue weighted by Gasteiger charge is -2.29. The van der Waals surface area contributed by atoms with Crippen LogP contribution in [-0.2, 0) is 4.74 Å². The van der Waals surface area contributed by atoms with Crippen LogP contribution in [0.1, 0.15) is 38.8 Å². The predicted octanol–water partition coefficient (Wildman–Crippen LogP) is 3.73. The number of anilines is 1. The van der Waals surface area contributed by atoms with Crippen LogP contribution in [0.2, 0.25) is 0 Å². The number of hydrogen-bond donors (Lipinski definition) is 1. The number of ether oxygens (including phenoxy) is 1. The van der Waals surface area contributed by atoms with Crippen molar-refractivity contribution in [3.8, 4) is 0 Å². The molecule has 1 fully saturated rings. The van der Waals surface area contributed by atoms with Crippen LogP contribution in [0.4, 0.5) is 5.69 Å². The fourth-order valence-corrected chi connectivity index (χ4v) is 3.17. The molecule has 0 saturated carbocycles.